The van der Waals surface area contributed by atoms with E-state index in [1.54, 1.807) is 0 Å². The summed E-state index contributed by atoms with van der Waals surface area (Å²) in [5.41, 5.74) is 0. The third-order valence-electron chi connectivity index (χ3n) is 4.21. The Balaban J connectivity index is 1.95. The minimum Gasteiger partial charge on any atom is -0.104 e. The van der Waals surface area contributed by atoms with Gasteiger partial charge in [-0.25, -0.2) is 0 Å². The largest absolute Gasteiger partial charge is 0.113 e. The van der Waals surface area contributed by atoms with Gasteiger partial charge in [0.25, 0.3) is 0 Å². The van der Waals surface area contributed by atoms with Crippen molar-refractivity contribution >= 4 is 102 Å². The van der Waals surface area contributed by atoms with Crippen LogP contribution >= 0.6 is 102 Å². The maximum absolute atomic E-state index is 3.68. The normalized spacial score (nSPS) is 43.5. The van der Waals surface area contributed by atoms with Gasteiger partial charge in [0.15, 0.2) is 0 Å². The molecule has 4 heterocycles. The van der Waals surface area contributed by atoms with Crippen molar-refractivity contribution in [2.24, 2.45) is 0 Å². The number of halogens is 2. The summed E-state index contributed by atoms with van der Waals surface area (Å²) in [7, 11) is 0. The van der Waals surface area contributed by atoms with E-state index in [0.717, 1.165) is 10.7 Å². The van der Waals surface area contributed by atoms with Gasteiger partial charge in [0.2, 0.25) is 0 Å². The summed E-state index contributed by atoms with van der Waals surface area (Å²) in [6, 6.07) is 0. The quantitative estimate of drug-likeness (QED) is 0.239. The third-order valence-corrected chi connectivity index (χ3v) is 17.5. The number of alkyl halides is 2. The van der Waals surface area contributed by atoms with E-state index in [0.29, 0.717) is 13.6 Å². The lowest BCUT2D eigenvalue weighted by Gasteiger charge is -2.67. The summed E-state index contributed by atoms with van der Waals surface area (Å²) in [6.07, 6.45) is 10.6. The van der Waals surface area contributed by atoms with Gasteiger partial charge in [-0.1, -0.05) is 58.5 Å². The molecule has 4 fully saturated rings. The first-order valence-electron chi connectivity index (χ1n) is 8.81. The van der Waals surface area contributed by atoms with E-state index in [9.17, 15) is 0 Å². The van der Waals surface area contributed by atoms with Gasteiger partial charge in [-0.3, -0.25) is 0 Å². The molecule has 0 aromatic carbocycles. The molecule has 0 aromatic rings. The Morgan fingerprint density at radius 3 is 1.08 bits per heavy atom. The van der Waals surface area contributed by atoms with Crippen LogP contribution in [0, 0.1) is 0 Å². The van der Waals surface area contributed by atoms with Crippen molar-refractivity contribution in [2.75, 3.05) is 10.7 Å². The fourth-order valence-corrected chi connectivity index (χ4v) is 26.2. The molecule has 4 aliphatic heterocycles. The molecule has 24 heavy (non-hydrogen) atoms. The Hall–Kier alpha value is 3.06. The number of rotatable bonds is 10. The summed E-state index contributed by atoms with van der Waals surface area (Å²) < 4.78 is 1.55. The maximum Gasteiger partial charge on any atom is 0.113 e. The maximum atomic E-state index is 3.68. The number of hydrogen-bond acceptors (Lipinski definition) is 6. The Labute approximate surface area is 190 Å². The van der Waals surface area contributed by atoms with Gasteiger partial charge in [0.05, 0.1) is 0 Å². The average molecular weight is 571 g/mol. The second-order valence-corrected chi connectivity index (χ2v) is 20.7. The average Bonchev–Trinajstić information content (AvgIpc) is 2.50. The van der Waals surface area contributed by atoms with E-state index in [1.165, 1.54) is 51.4 Å². The predicted octanol–water partition coefficient (Wildman–Crippen LogP) is 8.99. The topological polar surface area (TPSA) is 0 Å². The summed E-state index contributed by atoms with van der Waals surface area (Å²) in [5, 5.41) is 2.28. The van der Waals surface area contributed by atoms with Gasteiger partial charge in [0, 0.05) is 10.7 Å². The summed E-state index contributed by atoms with van der Waals surface area (Å²) in [5.74, 6) is 0. The molecule has 4 rings (SSSR count). The Morgan fingerprint density at radius 2 is 0.833 bits per heavy atom. The molecule has 0 aromatic heterocycles. The van der Waals surface area contributed by atoms with E-state index >= 15 is 0 Å². The second kappa shape index (κ2) is 8.83. The SMILES string of the molecule is CCCC12SC3(CCC)SC(CCCBr)(S1)SC(CCCBr)(S2)S3. The molecule has 0 atom stereocenters. The first kappa shape index (κ1) is 21.8. The van der Waals surface area contributed by atoms with Crippen LogP contribution in [0.1, 0.15) is 65.2 Å². The van der Waals surface area contributed by atoms with E-state index in [4.69, 9.17) is 0 Å². The summed E-state index contributed by atoms with van der Waals surface area (Å²) in [4.78, 5) is 0. The summed E-state index contributed by atoms with van der Waals surface area (Å²) in [6.45, 7) is 4.74. The molecule has 4 aliphatic rings. The van der Waals surface area contributed by atoms with Crippen LogP contribution in [-0.4, -0.2) is 24.3 Å². The molecule has 0 saturated carbocycles. The van der Waals surface area contributed by atoms with Crippen LogP contribution in [0.4, 0.5) is 0 Å². The summed E-state index contributed by atoms with van der Waals surface area (Å²) >= 11 is 21.3. The first-order valence-corrected chi connectivity index (χ1v) is 16.0. The minimum absolute atomic E-state index is 0.381. The van der Waals surface area contributed by atoms with E-state index in [2.05, 4.69) is 116 Å². The molecule has 0 spiro atoms. The molecule has 0 nitrogen and oxygen atoms in total. The zero-order valence-corrected chi connectivity index (χ0v) is 22.3. The zero-order chi connectivity index (χ0) is 17.3. The molecule has 4 bridgehead atoms. The predicted molar refractivity (Wildman–Crippen MR) is 132 cm³/mol. The molecule has 4 saturated heterocycles. The molecule has 0 unspecified atom stereocenters. The number of thioether (sulfide) groups is 6. The van der Waals surface area contributed by atoms with Gasteiger partial charge in [0.1, 0.15) is 13.6 Å². The van der Waals surface area contributed by atoms with E-state index in [1.807, 2.05) is 0 Å². The van der Waals surface area contributed by atoms with Gasteiger partial charge in [-0.05, 0) is 38.5 Å². The van der Waals surface area contributed by atoms with Crippen LogP contribution in [0.3, 0.4) is 0 Å². The Bertz CT molecular complexity index is 396. The van der Waals surface area contributed by atoms with Crippen molar-refractivity contribution in [3.8, 4) is 0 Å². The van der Waals surface area contributed by atoms with Gasteiger partial charge in [-0.15, -0.1) is 70.6 Å². The van der Waals surface area contributed by atoms with Crippen molar-refractivity contribution in [1.29, 1.82) is 0 Å². The van der Waals surface area contributed by atoms with Gasteiger partial charge in [-0.2, -0.15) is 0 Å². The van der Waals surface area contributed by atoms with E-state index in [-0.39, 0.29) is 0 Å². The first-order chi connectivity index (χ1) is 11.5. The molecular formula is C16H26Br2S6. The minimum atomic E-state index is 0.381. The van der Waals surface area contributed by atoms with Gasteiger partial charge < -0.3 is 0 Å². The highest BCUT2D eigenvalue weighted by atomic mass is 79.9. The highest BCUT2D eigenvalue weighted by Gasteiger charge is 2.71. The molecule has 0 amide bonds. The van der Waals surface area contributed by atoms with Crippen LogP contribution in [0.2, 0.25) is 0 Å². The third kappa shape index (κ3) is 4.46. The molecule has 8 heteroatoms. The van der Waals surface area contributed by atoms with Crippen LogP contribution in [-0.2, 0) is 0 Å². The van der Waals surface area contributed by atoms with Crippen molar-refractivity contribution in [1.82, 2.24) is 0 Å². The van der Waals surface area contributed by atoms with Gasteiger partial charge >= 0.3 is 0 Å². The van der Waals surface area contributed by atoms with Crippen molar-refractivity contribution in [2.45, 2.75) is 78.9 Å². The lowest BCUT2D eigenvalue weighted by Crippen LogP contribution is -2.53. The van der Waals surface area contributed by atoms with Crippen LogP contribution in [0.15, 0.2) is 0 Å². The molecular weight excluding hydrogens is 544 g/mol. The van der Waals surface area contributed by atoms with Crippen LogP contribution in [0.25, 0.3) is 0 Å². The standard InChI is InChI=1S/C16H26Br2S6/c1-3-7-13-19-14(8-4-2)22-15(20-13,9-5-11-17)24-16(21-13,23-14)10-6-12-18/h3-12H2,1-2H3. The van der Waals surface area contributed by atoms with Crippen LogP contribution < -0.4 is 0 Å². The van der Waals surface area contributed by atoms with E-state index < -0.39 is 0 Å². The molecule has 140 valence electrons. The zero-order valence-electron chi connectivity index (χ0n) is 14.3. The lowest BCUT2D eigenvalue weighted by molar-refractivity contribution is 0.756. The van der Waals surface area contributed by atoms with Crippen molar-refractivity contribution < 1.29 is 0 Å². The second-order valence-electron chi connectivity index (χ2n) is 6.43. The van der Waals surface area contributed by atoms with Crippen molar-refractivity contribution in [3.05, 3.63) is 0 Å². The molecule has 0 aliphatic carbocycles. The highest BCUT2D eigenvalue weighted by molar-refractivity contribution is 9.09. The number of hydrogen-bond donors (Lipinski definition) is 0. The Morgan fingerprint density at radius 1 is 0.542 bits per heavy atom. The lowest BCUT2D eigenvalue weighted by atomic mass is 10.3. The molecule has 0 radical (unpaired) electrons. The fraction of sp³-hybridized carbons (Fsp3) is 1.00. The molecule has 0 N–H and O–H groups in total. The monoisotopic (exact) mass is 568 g/mol. The van der Waals surface area contributed by atoms with Crippen LogP contribution in [0.5, 0.6) is 0 Å². The highest BCUT2D eigenvalue weighted by Crippen LogP contribution is 2.91. The Kier molecular flexibility index (Phi) is 8.00. The smallest absolute Gasteiger partial charge is 0.104 e. The fourth-order valence-electron chi connectivity index (χ4n) is 3.46. The van der Waals surface area contributed by atoms with Crippen molar-refractivity contribution in [3.63, 3.8) is 0 Å².